The summed E-state index contributed by atoms with van der Waals surface area (Å²) in [5.41, 5.74) is 2.04. The van der Waals surface area contributed by atoms with Crippen LogP contribution < -0.4 is 0 Å². The predicted octanol–water partition coefficient (Wildman–Crippen LogP) is 2.80. The molecule has 1 aliphatic heterocycles. The van der Waals surface area contributed by atoms with E-state index in [9.17, 15) is 10.2 Å². The molecule has 102 valence electrons. The molecule has 3 heteroatoms. The minimum Gasteiger partial charge on any atom is -0.508 e. The molecule has 3 nitrogen and oxygen atoms in total. The lowest BCUT2D eigenvalue weighted by atomic mass is 9.66. The zero-order chi connectivity index (χ0) is 13.5. The number of hydrogen-bond acceptors (Lipinski definition) is 3. The fraction of sp³-hybridized carbons (Fsp3) is 0.500. The molecule has 3 rings (SSSR count). The minimum absolute atomic E-state index is 0.0996. The number of phenols is 1. The summed E-state index contributed by atoms with van der Waals surface area (Å²) in [4.78, 5) is 0. The number of fused-ring (bicyclic) bond motifs is 2. The summed E-state index contributed by atoms with van der Waals surface area (Å²) in [6.45, 7) is 2.84. The van der Waals surface area contributed by atoms with Crippen LogP contribution in [0.1, 0.15) is 31.4 Å². The molecule has 0 spiro atoms. The van der Waals surface area contributed by atoms with Crippen molar-refractivity contribution < 1.29 is 14.9 Å². The number of hydrogen-bond donors (Lipinski definition) is 2. The van der Waals surface area contributed by atoms with Crippen molar-refractivity contribution in [2.45, 2.75) is 25.9 Å². The smallest absolute Gasteiger partial charge is 0.121 e. The standard InChI is InChI=1S/C16H20O3/c1-11-6-7-16(9-17)8-13(11)15(19-10-16)12-4-2-3-5-14(12)18/h2-6,13,15,17-18H,7-10H2,1H3/t13-,15+,16-/m1/s1. The van der Waals surface area contributed by atoms with E-state index in [1.807, 2.05) is 18.2 Å². The highest BCUT2D eigenvalue weighted by molar-refractivity contribution is 5.36. The van der Waals surface area contributed by atoms with Crippen molar-refractivity contribution in [2.24, 2.45) is 11.3 Å². The third-order valence-corrected chi connectivity index (χ3v) is 4.61. The summed E-state index contributed by atoms with van der Waals surface area (Å²) in [6, 6.07) is 7.37. The molecule has 3 atom stereocenters. The molecule has 1 aromatic rings. The molecule has 0 amide bonds. The van der Waals surface area contributed by atoms with E-state index in [0.717, 1.165) is 18.4 Å². The first kappa shape index (κ1) is 12.7. The number of benzene rings is 1. The maximum absolute atomic E-state index is 10.0. The Morgan fingerprint density at radius 1 is 1.37 bits per heavy atom. The van der Waals surface area contributed by atoms with Gasteiger partial charge in [-0.2, -0.15) is 0 Å². The van der Waals surface area contributed by atoms with Gasteiger partial charge in [-0.25, -0.2) is 0 Å². The summed E-state index contributed by atoms with van der Waals surface area (Å²) in [5.74, 6) is 0.547. The molecule has 19 heavy (non-hydrogen) atoms. The van der Waals surface area contributed by atoms with Gasteiger partial charge >= 0.3 is 0 Å². The highest BCUT2D eigenvalue weighted by Crippen LogP contribution is 2.51. The minimum atomic E-state index is -0.120. The number of aliphatic hydroxyl groups excluding tert-OH is 1. The molecule has 1 aromatic carbocycles. The molecule has 1 heterocycles. The lowest BCUT2D eigenvalue weighted by molar-refractivity contribution is -0.114. The fourth-order valence-electron chi connectivity index (χ4n) is 3.30. The Balaban J connectivity index is 1.96. The van der Waals surface area contributed by atoms with Crippen molar-refractivity contribution in [2.75, 3.05) is 13.2 Å². The Hall–Kier alpha value is -1.32. The van der Waals surface area contributed by atoms with E-state index < -0.39 is 0 Å². The Bertz CT molecular complexity index is 508. The van der Waals surface area contributed by atoms with Crippen LogP contribution in [-0.4, -0.2) is 23.4 Å². The number of rotatable bonds is 2. The van der Waals surface area contributed by atoms with Gasteiger partial charge in [-0.3, -0.25) is 0 Å². The first-order chi connectivity index (χ1) is 9.15. The third kappa shape index (κ3) is 2.07. The molecule has 0 unspecified atom stereocenters. The van der Waals surface area contributed by atoms with Gasteiger partial charge in [0.2, 0.25) is 0 Å². The van der Waals surface area contributed by atoms with Gasteiger partial charge in [-0.15, -0.1) is 0 Å². The molecule has 0 aromatic heterocycles. The number of ether oxygens (including phenoxy) is 1. The van der Waals surface area contributed by atoms with Gasteiger partial charge in [0.25, 0.3) is 0 Å². The molecule has 1 fully saturated rings. The molecule has 1 saturated heterocycles. The van der Waals surface area contributed by atoms with Crippen molar-refractivity contribution in [3.8, 4) is 5.75 Å². The first-order valence-electron chi connectivity index (χ1n) is 6.82. The summed E-state index contributed by atoms with van der Waals surface area (Å²) < 4.78 is 6.02. The van der Waals surface area contributed by atoms with Crippen molar-refractivity contribution in [1.82, 2.24) is 0 Å². The van der Waals surface area contributed by atoms with E-state index in [2.05, 4.69) is 13.0 Å². The van der Waals surface area contributed by atoms with Crippen molar-refractivity contribution in [3.05, 3.63) is 41.5 Å². The van der Waals surface area contributed by atoms with Crippen LogP contribution in [0, 0.1) is 11.3 Å². The van der Waals surface area contributed by atoms with Crippen LogP contribution in [0.25, 0.3) is 0 Å². The average Bonchev–Trinajstić information content (AvgIpc) is 2.45. The summed E-state index contributed by atoms with van der Waals surface area (Å²) in [5, 5.41) is 19.7. The maximum atomic E-state index is 10.0. The molecule has 1 aliphatic carbocycles. The summed E-state index contributed by atoms with van der Waals surface area (Å²) in [6.07, 6.45) is 3.95. The van der Waals surface area contributed by atoms with Gasteiger partial charge in [-0.05, 0) is 25.8 Å². The second-order valence-electron chi connectivity index (χ2n) is 5.91. The maximum Gasteiger partial charge on any atom is 0.121 e. The third-order valence-electron chi connectivity index (χ3n) is 4.61. The zero-order valence-corrected chi connectivity index (χ0v) is 11.2. The average molecular weight is 260 g/mol. The van der Waals surface area contributed by atoms with Crippen LogP contribution in [0.3, 0.4) is 0 Å². The zero-order valence-electron chi connectivity index (χ0n) is 11.2. The topological polar surface area (TPSA) is 49.7 Å². The van der Waals surface area contributed by atoms with E-state index in [-0.39, 0.29) is 24.0 Å². The van der Waals surface area contributed by atoms with Crippen LogP contribution >= 0.6 is 0 Å². The fourth-order valence-corrected chi connectivity index (χ4v) is 3.30. The van der Waals surface area contributed by atoms with Gasteiger partial charge in [0.05, 0.1) is 19.3 Å². The van der Waals surface area contributed by atoms with E-state index in [1.165, 1.54) is 5.57 Å². The molecular weight excluding hydrogens is 240 g/mol. The van der Waals surface area contributed by atoms with Crippen LogP contribution in [0.15, 0.2) is 35.9 Å². The van der Waals surface area contributed by atoms with Crippen molar-refractivity contribution in [1.29, 1.82) is 0 Å². The Morgan fingerprint density at radius 2 is 2.16 bits per heavy atom. The molecule has 0 radical (unpaired) electrons. The van der Waals surface area contributed by atoms with Crippen molar-refractivity contribution >= 4 is 0 Å². The predicted molar refractivity (Wildman–Crippen MR) is 72.8 cm³/mol. The molecule has 2 N–H and O–H groups in total. The number of aromatic hydroxyl groups is 1. The van der Waals surface area contributed by atoms with Gasteiger partial charge in [0.1, 0.15) is 5.75 Å². The number of allylic oxidation sites excluding steroid dienone is 1. The van der Waals surface area contributed by atoms with Gasteiger partial charge < -0.3 is 14.9 Å². The van der Waals surface area contributed by atoms with E-state index >= 15 is 0 Å². The summed E-state index contributed by atoms with van der Waals surface area (Å²) in [7, 11) is 0. The lowest BCUT2D eigenvalue weighted by Crippen LogP contribution is -2.43. The quantitative estimate of drug-likeness (QED) is 0.804. The van der Waals surface area contributed by atoms with Crippen LogP contribution in [-0.2, 0) is 4.74 Å². The lowest BCUT2D eigenvalue weighted by Gasteiger charge is -2.47. The second-order valence-corrected chi connectivity index (χ2v) is 5.91. The van der Waals surface area contributed by atoms with Crippen molar-refractivity contribution in [3.63, 3.8) is 0 Å². The highest BCUT2D eigenvalue weighted by Gasteiger charge is 2.45. The van der Waals surface area contributed by atoms with Crippen LogP contribution in [0.2, 0.25) is 0 Å². The molecule has 2 bridgehead atoms. The largest absolute Gasteiger partial charge is 0.508 e. The Morgan fingerprint density at radius 3 is 2.89 bits per heavy atom. The van der Waals surface area contributed by atoms with Crippen LogP contribution in [0.4, 0.5) is 0 Å². The Kier molecular flexibility index (Phi) is 3.11. The SMILES string of the molecule is CC1=CC[C@@]2(CO)CO[C@@H](c3ccccc3O)[C@@H]1C2. The van der Waals surface area contributed by atoms with Gasteiger partial charge in [0, 0.05) is 16.9 Å². The van der Waals surface area contributed by atoms with E-state index in [4.69, 9.17) is 4.74 Å². The number of para-hydroxylation sites is 1. The molecular formula is C16H20O3. The monoisotopic (exact) mass is 260 g/mol. The summed E-state index contributed by atoms with van der Waals surface area (Å²) >= 11 is 0. The van der Waals surface area contributed by atoms with Gasteiger partial charge in [-0.1, -0.05) is 29.8 Å². The van der Waals surface area contributed by atoms with Gasteiger partial charge in [0.15, 0.2) is 0 Å². The van der Waals surface area contributed by atoms with E-state index in [0.29, 0.717) is 12.4 Å². The van der Waals surface area contributed by atoms with Crippen LogP contribution in [0.5, 0.6) is 5.75 Å². The normalized spacial score (nSPS) is 33.9. The number of phenolic OH excluding ortho intramolecular Hbond substituents is 1. The number of aliphatic hydroxyl groups is 1. The molecule has 2 aliphatic rings. The highest BCUT2D eigenvalue weighted by atomic mass is 16.5. The molecule has 0 saturated carbocycles. The first-order valence-corrected chi connectivity index (χ1v) is 6.82. The van der Waals surface area contributed by atoms with E-state index in [1.54, 1.807) is 6.07 Å². The second kappa shape index (κ2) is 4.66. The Labute approximate surface area is 113 Å².